The minimum atomic E-state index is -0.482. The summed E-state index contributed by atoms with van der Waals surface area (Å²) in [6.07, 6.45) is 4.25. The Hall–Kier alpha value is -1.58. The molecule has 0 aromatic heterocycles. The van der Waals surface area contributed by atoms with Crippen LogP contribution in [0.5, 0.6) is 0 Å². The van der Waals surface area contributed by atoms with Crippen LogP contribution in [-0.4, -0.2) is 42.8 Å². The topological polar surface area (TPSA) is 74.8 Å². The highest BCUT2D eigenvalue weighted by Gasteiger charge is 2.40. The number of amides is 1. The highest BCUT2D eigenvalue weighted by Crippen LogP contribution is 2.41. The molecule has 6 nitrogen and oxygen atoms in total. The van der Waals surface area contributed by atoms with Gasteiger partial charge in [-0.15, -0.1) is 24.0 Å². The van der Waals surface area contributed by atoms with E-state index in [0.29, 0.717) is 6.04 Å². The van der Waals surface area contributed by atoms with Crippen LogP contribution in [0.3, 0.4) is 0 Å². The molecule has 2 aliphatic carbocycles. The second kappa shape index (κ2) is 10.6. The Labute approximate surface area is 195 Å². The number of aliphatic imine (C=N–C) groups is 1. The van der Waals surface area contributed by atoms with Crippen molar-refractivity contribution in [1.29, 1.82) is 0 Å². The Kier molecular flexibility index (Phi) is 8.75. The van der Waals surface area contributed by atoms with Gasteiger partial charge in [-0.3, -0.25) is 4.99 Å². The predicted molar refractivity (Wildman–Crippen MR) is 128 cm³/mol. The fraction of sp³-hybridized carbons (Fsp3) is 0.636. The number of hydrogen-bond acceptors (Lipinski definition) is 3. The largest absolute Gasteiger partial charge is 0.444 e. The Morgan fingerprint density at radius 1 is 1.07 bits per heavy atom. The summed E-state index contributed by atoms with van der Waals surface area (Å²) in [5.41, 5.74) is 0.291. The first-order valence-electron chi connectivity index (χ1n) is 10.5. The molecule has 1 aromatic carbocycles. The number of carbonyl (C=O) groups excluding carboxylic acids is 1. The van der Waals surface area contributed by atoms with Gasteiger partial charge in [0.1, 0.15) is 11.4 Å². The number of ether oxygens (including phenoxy) is 1. The van der Waals surface area contributed by atoms with Gasteiger partial charge in [0.15, 0.2) is 5.96 Å². The molecule has 0 aliphatic heterocycles. The van der Waals surface area contributed by atoms with Crippen LogP contribution in [-0.2, 0) is 4.74 Å². The summed E-state index contributed by atoms with van der Waals surface area (Å²) in [6.45, 7) is 5.59. The highest BCUT2D eigenvalue weighted by molar-refractivity contribution is 14.0. The van der Waals surface area contributed by atoms with E-state index in [-0.39, 0.29) is 53.9 Å². The molecule has 2 fully saturated rings. The van der Waals surface area contributed by atoms with Gasteiger partial charge in [0, 0.05) is 31.1 Å². The molecule has 2 unspecified atom stereocenters. The van der Waals surface area contributed by atoms with E-state index in [1.807, 2.05) is 32.9 Å². The lowest BCUT2D eigenvalue weighted by atomic mass is 9.91. The molecule has 1 aromatic rings. The van der Waals surface area contributed by atoms with E-state index >= 15 is 0 Å². The van der Waals surface area contributed by atoms with Crippen LogP contribution < -0.4 is 16.0 Å². The first-order chi connectivity index (χ1) is 13.7. The third kappa shape index (κ3) is 7.28. The van der Waals surface area contributed by atoms with Gasteiger partial charge < -0.3 is 20.7 Å². The fourth-order valence-electron chi connectivity index (χ4n) is 3.87. The van der Waals surface area contributed by atoms with Crippen LogP contribution in [0.15, 0.2) is 29.3 Å². The van der Waals surface area contributed by atoms with Crippen LogP contribution in [0, 0.1) is 5.82 Å². The first kappa shape index (κ1) is 24.7. The van der Waals surface area contributed by atoms with E-state index in [1.54, 1.807) is 13.1 Å². The van der Waals surface area contributed by atoms with Crippen molar-refractivity contribution in [3.8, 4) is 0 Å². The van der Waals surface area contributed by atoms with Crippen LogP contribution >= 0.6 is 24.0 Å². The fourth-order valence-corrected chi connectivity index (χ4v) is 3.87. The van der Waals surface area contributed by atoms with Gasteiger partial charge in [0.2, 0.25) is 0 Å². The molecule has 2 aliphatic rings. The molecule has 168 valence electrons. The average molecular weight is 532 g/mol. The maximum absolute atomic E-state index is 14.0. The molecule has 2 atom stereocenters. The molecule has 3 N–H and O–H groups in total. The lowest BCUT2D eigenvalue weighted by molar-refractivity contribution is 0.0490. The smallest absolute Gasteiger partial charge is 0.407 e. The minimum absolute atomic E-state index is 0. The van der Waals surface area contributed by atoms with Crippen molar-refractivity contribution in [3.63, 3.8) is 0 Å². The number of nitrogens with zero attached hydrogens (tertiary/aromatic N) is 1. The van der Waals surface area contributed by atoms with Crippen LogP contribution in [0.2, 0.25) is 0 Å². The summed E-state index contributed by atoms with van der Waals surface area (Å²) in [5.74, 6) is 0.821. The van der Waals surface area contributed by atoms with Gasteiger partial charge in [-0.05, 0) is 64.5 Å². The van der Waals surface area contributed by atoms with Gasteiger partial charge in [-0.2, -0.15) is 0 Å². The number of alkyl carbamates (subject to hydrolysis) is 1. The Morgan fingerprint density at radius 2 is 1.67 bits per heavy atom. The van der Waals surface area contributed by atoms with E-state index in [2.05, 4.69) is 20.9 Å². The number of rotatable bonds is 4. The van der Waals surface area contributed by atoms with E-state index in [4.69, 9.17) is 4.74 Å². The summed E-state index contributed by atoms with van der Waals surface area (Å²) >= 11 is 0. The van der Waals surface area contributed by atoms with Crippen molar-refractivity contribution in [1.82, 2.24) is 16.0 Å². The van der Waals surface area contributed by atoms with E-state index < -0.39 is 5.60 Å². The third-order valence-electron chi connectivity index (χ3n) is 5.43. The molecule has 0 radical (unpaired) electrons. The number of hydrogen-bond donors (Lipinski definition) is 3. The summed E-state index contributed by atoms with van der Waals surface area (Å²) in [6, 6.07) is 7.64. The molecule has 0 heterocycles. The van der Waals surface area contributed by atoms with Crippen molar-refractivity contribution >= 4 is 36.0 Å². The number of nitrogens with one attached hydrogen (secondary N) is 3. The SMILES string of the molecule is CN=C(NC1CCC(NC(=O)OC(C)(C)C)CC1)NC1CC1c1ccccc1F.I. The monoisotopic (exact) mass is 532 g/mol. The van der Waals surface area contributed by atoms with Gasteiger partial charge in [0.05, 0.1) is 0 Å². The van der Waals surface area contributed by atoms with E-state index in [1.165, 1.54) is 6.07 Å². The number of carbonyl (C=O) groups is 1. The van der Waals surface area contributed by atoms with Gasteiger partial charge >= 0.3 is 6.09 Å². The lowest BCUT2D eigenvalue weighted by Crippen LogP contribution is -2.48. The second-order valence-corrected chi connectivity index (χ2v) is 9.03. The zero-order chi connectivity index (χ0) is 21.0. The molecule has 0 bridgehead atoms. The third-order valence-corrected chi connectivity index (χ3v) is 5.43. The summed E-state index contributed by atoms with van der Waals surface area (Å²) in [4.78, 5) is 16.3. The Morgan fingerprint density at radius 3 is 2.23 bits per heavy atom. The van der Waals surface area contributed by atoms with Crippen molar-refractivity contribution < 1.29 is 13.9 Å². The summed E-state index contributed by atoms with van der Waals surface area (Å²) in [5, 5.41) is 9.86. The highest BCUT2D eigenvalue weighted by atomic mass is 127. The summed E-state index contributed by atoms with van der Waals surface area (Å²) in [7, 11) is 1.76. The molecule has 2 saturated carbocycles. The molecule has 0 saturated heterocycles. The van der Waals surface area contributed by atoms with Gasteiger partial charge in [0.25, 0.3) is 0 Å². The molecule has 30 heavy (non-hydrogen) atoms. The maximum Gasteiger partial charge on any atom is 0.407 e. The minimum Gasteiger partial charge on any atom is -0.444 e. The molecule has 8 heteroatoms. The van der Waals surface area contributed by atoms with Crippen LogP contribution in [0.25, 0.3) is 0 Å². The standard InChI is InChI=1S/C22H33FN4O2.HI/c1-22(2,3)29-21(28)26-15-11-9-14(10-12-15)25-20(24-4)27-19-13-17(19)16-7-5-6-8-18(16)23;/h5-8,14-15,17,19H,9-13H2,1-4H3,(H,26,28)(H2,24,25,27);1H. The summed E-state index contributed by atoms with van der Waals surface area (Å²) < 4.78 is 19.3. The van der Waals surface area contributed by atoms with Crippen molar-refractivity contribution in [2.75, 3.05) is 7.05 Å². The predicted octanol–water partition coefficient (Wildman–Crippen LogP) is 4.30. The van der Waals surface area contributed by atoms with E-state index in [0.717, 1.165) is 43.6 Å². The van der Waals surface area contributed by atoms with Gasteiger partial charge in [-0.1, -0.05) is 18.2 Å². The normalized spacial score (nSPS) is 26.2. The quantitative estimate of drug-likeness (QED) is 0.307. The Balaban J connectivity index is 0.00000320. The van der Waals surface area contributed by atoms with Crippen molar-refractivity contribution in [3.05, 3.63) is 35.6 Å². The lowest BCUT2D eigenvalue weighted by Gasteiger charge is -2.31. The van der Waals surface area contributed by atoms with Crippen LogP contribution in [0.1, 0.15) is 64.4 Å². The molecular formula is C22H34FIN4O2. The molecule has 0 spiro atoms. The molecular weight excluding hydrogens is 498 g/mol. The number of benzene rings is 1. The van der Waals surface area contributed by atoms with Crippen molar-refractivity contribution in [2.45, 2.75) is 82.5 Å². The maximum atomic E-state index is 14.0. The molecule has 1 amide bonds. The zero-order valence-electron chi connectivity index (χ0n) is 18.2. The van der Waals surface area contributed by atoms with Crippen LogP contribution in [0.4, 0.5) is 9.18 Å². The Bertz CT molecular complexity index is 745. The first-order valence-corrected chi connectivity index (χ1v) is 10.5. The van der Waals surface area contributed by atoms with E-state index in [9.17, 15) is 9.18 Å². The second-order valence-electron chi connectivity index (χ2n) is 9.03. The number of halogens is 2. The average Bonchev–Trinajstić information content (AvgIpc) is 3.40. The molecule has 3 rings (SSSR count). The zero-order valence-corrected chi connectivity index (χ0v) is 20.5. The van der Waals surface area contributed by atoms with Gasteiger partial charge in [-0.25, -0.2) is 9.18 Å². The van der Waals surface area contributed by atoms with Crippen molar-refractivity contribution in [2.24, 2.45) is 4.99 Å². The number of guanidine groups is 1.